The Morgan fingerprint density at radius 3 is 2.93 bits per heavy atom. The highest BCUT2D eigenvalue weighted by Gasteiger charge is 2.31. The molecule has 4 heteroatoms. The molecular weight excluding hydrogens is 200 g/mol. The van der Waals surface area contributed by atoms with Crippen molar-refractivity contribution >= 4 is 5.69 Å². The van der Waals surface area contributed by atoms with Gasteiger partial charge in [0.2, 0.25) is 0 Å². The monoisotopic (exact) mass is 213 g/mol. The zero-order valence-electron chi connectivity index (χ0n) is 8.52. The van der Waals surface area contributed by atoms with Crippen molar-refractivity contribution in [1.82, 2.24) is 0 Å². The first kappa shape index (κ1) is 10.2. The number of rotatable bonds is 1. The molecule has 2 nitrogen and oxygen atoms in total. The zero-order chi connectivity index (χ0) is 10.9. The van der Waals surface area contributed by atoms with Crippen molar-refractivity contribution in [2.45, 2.75) is 18.8 Å². The number of ether oxygens (including phenoxy) is 1. The highest BCUT2D eigenvalue weighted by atomic mass is 19.3. The molecule has 0 bridgehead atoms. The fraction of sp³-hybridized carbons (Fsp3) is 0.455. The summed E-state index contributed by atoms with van der Waals surface area (Å²) >= 11 is 0. The van der Waals surface area contributed by atoms with Gasteiger partial charge in [-0.3, -0.25) is 0 Å². The Hall–Kier alpha value is -1.32. The lowest BCUT2D eigenvalue weighted by atomic mass is 10.1. The Labute approximate surface area is 87.2 Å². The highest BCUT2D eigenvalue weighted by molar-refractivity contribution is 5.55. The van der Waals surface area contributed by atoms with Crippen molar-refractivity contribution in [3.63, 3.8) is 0 Å². The minimum Gasteiger partial charge on any atom is -0.497 e. The maximum absolute atomic E-state index is 13.1. The Kier molecular flexibility index (Phi) is 2.50. The Morgan fingerprint density at radius 2 is 2.20 bits per heavy atom. The number of halogens is 2. The number of alkyl halides is 2. The average Bonchev–Trinajstić information content (AvgIpc) is 2.38. The normalized spacial score (nSPS) is 18.6. The first-order valence-electron chi connectivity index (χ1n) is 4.89. The third-order valence-electron chi connectivity index (χ3n) is 2.61. The summed E-state index contributed by atoms with van der Waals surface area (Å²) in [4.78, 5) is 0. The van der Waals surface area contributed by atoms with Crippen LogP contribution < -0.4 is 10.1 Å². The van der Waals surface area contributed by atoms with E-state index >= 15 is 0 Å². The number of hydrogen-bond donors (Lipinski definition) is 1. The number of anilines is 1. The molecule has 2 rings (SSSR count). The van der Waals surface area contributed by atoms with Gasteiger partial charge >= 0.3 is 0 Å². The summed E-state index contributed by atoms with van der Waals surface area (Å²) in [7, 11) is 1.57. The number of benzene rings is 1. The lowest BCUT2D eigenvalue weighted by Gasteiger charge is -2.12. The largest absolute Gasteiger partial charge is 0.497 e. The smallest absolute Gasteiger partial charge is 0.265 e. The van der Waals surface area contributed by atoms with Gasteiger partial charge in [-0.05, 0) is 30.2 Å². The summed E-state index contributed by atoms with van der Waals surface area (Å²) in [6.45, 7) is -0.285. The van der Waals surface area contributed by atoms with Crippen LogP contribution in [0.5, 0.6) is 5.75 Å². The molecule has 0 amide bonds. The van der Waals surface area contributed by atoms with Crippen LogP contribution in [0.3, 0.4) is 0 Å². The predicted octanol–water partition coefficient (Wildman–Crippen LogP) is 2.69. The summed E-state index contributed by atoms with van der Waals surface area (Å²) < 4.78 is 31.3. The second-order valence-corrected chi connectivity index (χ2v) is 3.73. The fourth-order valence-electron chi connectivity index (χ4n) is 1.71. The SMILES string of the molecule is COc1ccc2c(c1)CCC(F)(F)CN2. The molecule has 0 saturated heterocycles. The molecule has 82 valence electrons. The predicted molar refractivity (Wildman–Crippen MR) is 54.8 cm³/mol. The van der Waals surface area contributed by atoms with E-state index in [-0.39, 0.29) is 13.0 Å². The van der Waals surface area contributed by atoms with Gasteiger partial charge in [-0.25, -0.2) is 8.78 Å². The molecule has 0 atom stereocenters. The van der Waals surface area contributed by atoms with E-state index in [1.165, 1.54) is 0 Å². The average molecular weight is 213 g/mol. The van der Waals surface area contributed by atoms with Gasteiger partial charge in [0.05, 0.1) is 13.7 Å². The number of methoxy groups -OCH3 is 1. The zero-order valence-corrected chi connectivity index (χ0v) is 8.52. The van der Waals surface area contributed by atoms with E-state index < -0.39 is 5.92 Å². The van der Waals surface area contributed by atoms with E-state index in [0.717, 1.165) is 11.3 Å². The van der Waals surface area contributed by atoms with Crippen LogP contribution >= 0.6 is 0 Å². The van der Waals surface area contributed by atoms with Gasteiger partial charge in [-0.15, -0.1) is 0 Å². The molecule has 0 radical (unpaired) electrons. The van der Waals surface area contributed by atoms with E-state index in [0.29, 0.717) is 12.2 Å². The van der Waals surface area contributed by atoms with Gasteiger partial charge < -0.3 is 10.1 Å². The highest BCUT2D eigenvalue weighted by Crippen LogP contribution is 2.31. The van der Waals surface area contributed by atoms with Gasteiger partial charge in [0, 0.05) is 12.1 Å². The van der Waals surface area contributed by atoms with Crippen LogP contribution in [0.25, 0.3) is 0 Å². The summed E-state index contributed by atoms with van der Waals surface area (Å²) in [5.41, 5.74) is 1.68. The second kappa shape index (κ2) is 3.68. The van der Waals surface area contributed by atoms with Gasteiger partial charge in [-0.2, -0.15) is 0 Å². The lowest BCUT2D eigenvalue weighted by molar-refractivity contribution is 0.00841. The van der Waals surface area contributed by atoms with E-state index in [1.54, 1.807) is 19.2 Å². The van der Waals surface area contributed by atoms with Crippen molar-refractivity contribution in [1.29, 1.82) is 0 Å². The minimum atomic E-state index is -2.62. The van der Waals surface area contributed by atoms with Gasteiger partial charge in [0.15, 0.2) is 0 Å². The molecule has 0 spiro atoms. The summed E-state index contributed by atoms with van der Waals surface area (Å²) in [6.07, 6.45) is 0.271. The van der Waals surface area contributed by atoms with Crippen LogP contribution in [-0.2, 0) is 6.42 Å². The van der Waals surface area contributed by atoms with E-state index in [9.17, 15) is 8.78 Å². The fourth-order valence-corrected chi connectivity index (χ4v) is 1.71. The van der Waals surface area contributed by atoms with Crippen molar-refractivity contribution in [3.05, 3.63) is 23.8 Å². The van der Waals surface area contributed by atoms with Crippen molar-refractivity contribution in [3.8, 4) is 5.75 Å². The van der Waals surface area contributed by atoms with Crippen molar-refractivity contribution in [2.75, 3.05) is 19.0 Å². The molecule has 1 heterocycles. The van der Waals surface area contributed by atoms with Crippen LogP contribution in [-0.4, -0.2) is 19.6 Å². The molecule has 0 unspecified atom stereocenters. The quantitative estimate of drug-likeness (QED) is 0.774. The van der Waals surface area contributed by atoms with Gasteiger partial charge in [-0.1, -0.05) is 0 Å². The summed E-state index contributed by atoms with van der Waals surface area (Å²) in [5.74, 6) is -1.91. The molecule has 1 aromatic carbocycles. The summed E-state index contributed by atoms with van der Waals surface area (Å²) in [6, 6.07) is 5.37. The van der Waals surface area contributed by atoms with Crippen molar-refractivity contribution in [2.24, 2.45) is 0 Å². The molecule has 1 aromatic rings. The van der Waals surface area contributed by atoms with Crippen LogP contribution in [0.1, 0.15) is 12.0 Å². The molecule has 0 aliphatic carbocycles. The first-order valence-corrected chi connectivity index (χ1v) is 4.89. The van der Waals surface area contributed by atoms with Crippen molar-refractivity contribution < 1.29 is 13.5 Å². The summed E-state index contributed by atoms with van der Waals surface area (Å²) in [5, 5.41) is 2.76. The Balaban J connectivity index is 2.27. The van der Waals surface area contributed by atoms with Crippen LogP contribution in [0.2, 0.25) is 0 Å². The molecule has 1 aliphatic heterocycles. The number of hydrogen-bond acceptors (Lipinski definition) is 2. The minimum absolute atomic E-state index is 0.111. The van der Waals surface area contributed by atoms with E-state index in [4.69, 9.17) is 4.74 Å². The molecule has 1 N–H and O–H groups in total. The molecular formula is C11H13F2NO. The number of nitrogens with one attached hydrogen (secondary N) is 1. The maximum atomic E-state index is 13.1. The third kappa shape index (κ3) is 2.19. The molecule has 1 aliphatic rings. The van der Waals surface area contributed by atoms with Gasteiger partial charge in [0.25, 0.3) is 5.92 Å². The van der Waals surface area contributed by atoms with Gasteiger partial charge in [0.1, 0.15) is 5.75 Å². The number of aryl methyl sites for hydroxylation is 1. The Bertz CT molecular complexity index is 366. The van der Waals surface area contributed by atoms with Crippen LogP contribution in [0.4, 0.5) is 14.5 Å². The van der Waals surface area contributed by atoms with Crippen LogP contribution in [0, 0.1) is 0 Å². The molecule has 15 heavy (non-hydrogen) atoms. The lowest BCUT2D eigenvalue weighted by Crippen LogP contribution is -2.25. The van der Waals surface area contributed by atoms with E-state index in [1.807, 2.05) is 6.07 Å². The standard InChI is InChI=1S/C11H13F2NO/c1-15-9-2-3-10-8(6-9)4-5-11(12,13)7-14-10/h2-3,6,14H,4-5,7H2,1H3. The molecule has 0 aromatic heterocycles. The number of fused-ring (bicyclic) bond motifs is 1. The topological polar surface area (TPSA) is 21.3 Å². The Morgan fingerprint density at radius 1 is 1.40 bits per heavy atom. The first-order chi connectivity index (χ1) is 7.11. The second-order valence-electron chi connectivity index (χ2n) is 3.73. The molecule has 0 saturated carbocycles. The maximum Gasteiger partial charge on any atom is 0.265 e. The van der Waals surface area contributed by atoms with Crippen LogP contribution in [0.15, 0.2) is 18.2 Å². The molecule has 0 fully saturated rings. The van der Waals surface area contributed by atoms with E-state index in [2.05, 4.69) is 5.32 Å². The third-order valence-corrected chi connectivity index (χ3v) is 2.61.